The number of hydrogen-bond acceptors (Lipinski definition) is 0. The maximum Gasteiger partial charge on any atom is -0.0533 e. The van der Waals surface area contributed by atoms with E-state index < -0.39 is 0 Å². The molecule has 11 fully saturated rings. The van der Waals surface area contributed by atoms with Crippen LogP contribution in [0.3, 0.4) is 0 Å². The molecule has 11 aliphatic carbocycles. The molecule has 0 N–H and O–H groups in total. The van der Waals surface area contributed by atoms with Crippen molar-refractivity contribution in [1.29, 1.82) is 0 Å². The molecule has 33 heavy (non-hydrogen) atoms. The summed E-state index contributed by atoms with van der Waals surface area (Å²) in [7, 11) is 0. The van der Waals surface area contributed by atoms with Crippen molar-refractivity contribution in [2.45, 2.75) is 212 Å². The van der Waals surface area contributed by atoms with Crippen molar-refractivity contribution in [2.75, 3.05) is 0 Å². The van der Waals surface area contributed by atoms with Crippen LogP contribution < -0.4 is 0 Å². The van der Waals surface area contributed by atoms with Crippen LogP contribution in [0.4, 0.5) is 0 Å². The quantitative estimate of drug-likeness (QED) is 0.335. The van der Waals surface area contributed by atoms with Gasteiger partial charge in [-0.3, -0.25) is 0 Å². The summed E-state index contributed by atoms with van der Waals surface area (Å²) in [5.41, 5.74) is 0. The van der Waals surface area contributed by atoms with Crippen molar-refractivity contribution < 1.29 is 0 Å². The zero-order chi connectivity index (χ0) is 23.3. The van der Waals surface area contributed by atoms with Gasteiger partial charge in [0.15, 0.2) is 0 Å². The van der Waals surface area contributed by atoms with E-state index in [0.717, 1.165) is 0 Å². The van der Waals surface area contributed by atoms with Crippen LogP contribution in [0.5, 0.6) is 0 Å². The Labute approximate surface area is 211 Å². The summed E-state index contributed by atoms with van der Waals surface area (Å²) in [4.78, 5) is 0. The van der Waals surface area contributed by atoms with Gasteiger partial charge >= 0.3 is 0 Å². The van der Waals surface area contributed by atoms with Crippen LogP contribution in [0.25, 0.3) is 0 Å². The summed E-state index contributed by atoms with van der Waals surface area (Å²) < 4.78 is 0. The first-order valence-corrected chi connectivity index (χ1v) is 16.5. The molecule has 0 unspecified atom stereocenters. The van der Waals surface area contributed by atoms with E-state index in [1.807, 2.05) is 0 Å². The minimum absolute atomic E-state index is 1.50. The fraction of sp³-hybridized carbons (Fsp3) is 1.00. The third kappa shape index (κ3) is 238. The summed E-state index contributed by atoms with van der Waals surface area (Å²) in [5.74, 6) is 0. The third-order valence-electron chi connectivity index (χ3n) is 3.89. The molecule has 0 aliphatic heterocycles. The highest BCUT2D eigenvalue weighted by Crippen LogP contribution is 2.17. The van der Waals surface area contributed by atoms with Crippen LogP contribution in [-0.2, 0) is 0 Å². The first-order chi connectivity index (χ1) is 16.5. The van der Waals surface area contributed by atoms with E-state index >= 15 is 0 Å². The summed E-state index contributed by atoms with van der Waals surface area (Å²) in [6, 6.07) is 0. The molecule has 198 valence electrons. The van der Waals surface area contributed by atoms with Crippen LogP contribution in [0.15, 0.2) is 0 Å². The minimum atomic E-state index is 1.50. The molecule has 0 aromatic carbocycles. The maximum absolute atomic E-state index is 1.50. The molecule has 11 rings (SSSR count). The van der Waals surface area contributed by atoms with Gasteiger partial charge in [0.05, 0.1) is 0 Å². The highest BCUT2D eigenvalue weighted by Gasteiger charge is 1.98. The van der Waals surface area contributed by atoms with Gasteiger partial charge in [-0.05, 0) is 0 Å². The zero-order valence-corrected chi connectivity index (χ0v) is 23.3. The Morgan fingerprint density at radius 1 is 0.0606 bits per heavy atom. The molecular formula is C33H66. The molecule has 0 aromatic rings. The molecular weight excluding hydrogens is 396 g/mol. The lowest BCUT2D eigenvalue weighted by Crippen LogP contribution is -0.856. The SMILES string of the molecule is C1CC1.C1CC1.C1CC1.C1CC1.C1CC1.C1CC1.C1CC1.C1CC1.C1CC1.C1CC1.C1CC1. The van der Waals surface area contributed by atoms with Gasteiger partial charge in [0, 0.05) is 0 Å². The molecule has 0 spiro atoms. The van der Waals surface area contributed by atoms with Crippen molar-refractivity contribution in [3.05, 3.63) is 0 Å². The fourth-order valence-electron chi connectivity index (χ4n) is 0. The Bertz CT molecular complexity index is 166. The van der Waals surface area contributed by atoms with Gasteiger partial charge in [-0.25, -0.2) is 0 Å². The lowest BCUT2D eigenvalue weighted by molar-refractivity contribution is 1.50. The maximum atomic E-state index is 1.50. The second kappa shape index (κ2) is 28.2. The van der Waals surface area contributed by atoms with E-state index in [4.69, 9.17) is 0 Å². The van der Waals surface area contributed by atoms with Gasteiger partial charge in [-0.2, -0.15) is 0 Å². The molecule has 0 bridgehead atoms. The van der Waals surface area contributed by atoms with Crippen molar-refractivity contribution >= 4 is 0 Å². The Morgan fingerprint density at radius 3 is 0.0909 bits per heavy atom. The Morgan fingerprint density at radius 2 is 0.0909 bits per heavy atom. The highest BCUT2D eigenvalue weighted by atomic mass is 14.0. The number of rotatable bonds is 0. The van der Waals surface area contributed by atoms with E-state index in [1.165, 1.54) is 212 Å². The molecule has 0 saturated heterocycles. The van der Waals surface area contributed by atoms with E-state index in [9.17, 15) is 0 Å². The molecule has 0 heterocycles. The topological polar surface area (TPSA) is 0 Å². The molecule has 11 aliphatic rings. The Kier molecular flexibility index (Phi) is 26.6. The lowest BCUT2D eigenvalue weighted by Gasteiger charge is -1.05. The average Bonchev–Trinajstić information content (AvgIpc) is 3.73. The molecule has 0 amide bonds. The second-order valence-corrected chi connectivity index (χ2v) is 11.7. The van der Waals surface area contributed by atoms with E-state index in [1.54, 1.807) is 0 Å². The monoisotopic (exact) mass is 463 g/mol. The third-order valence-corrected chi connectivity index (χ3v) is 3.89. The molecule has 0 heteroatoms. The van der Waals surface area contributed by atoms with Crippen LogP contribution in [0, 0.1) is 0 Å². The first-order valence-electron chi connectivity index (χ1n) is 16.5. The molecule has 0 nitrogen and oxygen atoms in total. The van der Waals surface area contributed by atoms with E-state index in [2.05, 4.69) is 0 Å². The lowest BCUT2D eigenvalue weighted by atomic mass is 11.0. The van der Waals surface area contributed by atoms with Gasteiger partial charge in [-0.1, -0.05) is 212 Å². The van der Waals surface area contributed by atoms with Gasteiger partial charge in [0.1, 0.15) is 0 Å². The standard InChI is InChI=1S/11C3H6/c11*1-2-3-1/h11*1-3H2. The minimum Gasteiger partial charge on any atom is -0.0533 e. The highest BCUT2D eigenvalue weighted by molar-refractivity contribution is 4.53. The first kappa shape index (κ1) is 31.0. The molecule has 11 saturated carbocycles. The van der Waals surface area contributed by atoms with Crippen LogP contribution in [0.1, 0.15) is 212 Å². The normalized spacial score (nSPS) is 24.0. The van der Waals surface area contributed by atoms with Gasteiger partial charge in [0.2, 0.25) is 0 Å². The second-order valence-electron chi connectivity index (χ2n) is 11.7. The van der Waals surface area contributed by atoms with E-state index in [0.29, 0.717) is 0 Å². The van der Waals surface area contributed by atoms with Crippen molar-refractivity contribution in [3.8, 4) is 0 Å². The summed E-state index contributed by atoms with van der Waals surface area (Å²) >= 11 is 0. The summed E-state index contributed by atoms with van der Waals surface area (Å²) in [5, 5.41) is 0. The summed E-state index contributed by atoms with van der Waals surface area (Å²) in [6.45, 7) is 0. The molecule has 0 atom stereocenters. The molecule has 0 radical (unpaired) electrons. The van der Waals surface area contributed by atoms with Gasteiger partial charge in [0.25, 0.3) is 0 Å². The summed E-state index contributed by atoms with van der Waals surface area (Å²) in [6.07, 6.45) is 49.5. The van der Waals surface area contributed by atoms with Gasteiger partial charge < -0.3 is 0 Å². The zero-order valence-electron chi connectivity index (χ0n) is 23.3. The van der Waals surface area contributed by atoms with Crippen LogP contribution in [-0.4, -0.2) is 0 Å². The van der Waals surface area contributed by atoms with Crippen LogP contribution in [0.2, 0.25) is 0 Å². The van der Waals surface area contributed by atoms with Crippen molar-refractivity contribution in [2.24, 2.45) is 0 Å². The van der Waals surface area contributed by atoms with Crippen LogP contribution >= 0.6 is 0 Å². The van der Waals surface area contributed by atoms with Crippen molar-refractivity contribution in [3.63, 3.8) is 0 Å². The molecule has 0 aromatic heterocycles. The fourth-order valence-corrected chi connectivity index (χ4v) is 0. The van der Waals surface area contributed by atoms with Gasteiger partial charge in [-0.15, -0.1) is 0 Å². The van der Waals surface area contributed by atoms with Crippen molar-refractivity contribution in [1.82, 2.24) is 0 Å². The predicted molar refractivity (Wildman–Crippen MR) is 152 cm³/mol. The number of hydrogen-bond donors (Lipinski definition) is 0. The Balaban J connectivity index is 0.000000181. The Hall–Kier alpha value is 0. The predicted octanol–water partition coefficient (Wildman–Crippen LogP) is 12.9. The largest absolute Gasteiger partial charge is 0.0533 e. The van der Waals surface area contributed by atoms with E-state index in [-0.39, 0.29) is 0 Å². The smallest absolute Gasteiger partial charge is 0.0533 e. The average molecular weight is 463 g/mol.